The lowest BCUT2D eigenvalue weighted by Gasteiger charge is -2.33. The fourth-order valence-corrected chi connectivity index (χ4v) is 10.4. The third-order valence-electron chi connectivity index (χ3n) is 10.9. The van der Waals surface area contributed by atoms with Crippen molar-refractivity contribution in [3.8, 4) is 0 Å². The van der Waals surface area contributed by atoms with Gasteiger partial charge in [-0.2, -0.15) is 0 Å². The standard InChI is InChI=1S/C24H28N2O4S.C24H28N2O2S/c1-24(2,3)30-23(27)26-14-12-17(13-15-26)19-10-7-11-20-21(16-25-22(19)20)31(28,29)18-8-5-4-6-9-18;1-24(2,3)28-23(27)26-14-12-17(13-15-26)19-10-7-11-20-21(16-25-22(19)20)29-18-8-5-4-6-9-18/h4-11,16-17,25H,12-15H2,1-3H3;4-11,16-17,25H,12-15H2,1-3H3. The van der Waals surface area contributed by atoms with Gasteiger partial charge in [-0.05, 0) is 114 Å². The smallest absolute Gasteiger partial charge is 0.410 e. The van der Waals surface area contributed by atoms with Crippen LogP contribution in [0.15, 0.2) is 129 Å². The molecule has 2 N–H and O–H groups in total. The summed E-state index contributed by atoms with van der Waals surface area (Å²) in [7, 11) is -3.61. The Hall–Kier alpha value is -5.20. The molecule has 0 unspecified atom stereocenters. The summed E-state index contributed by atoms with van der Waals surface area (Å²) >= 11 is 1.79. The Labute approximate surface area is 357 Å². The number of rotatable bonds is 6. The molecule has 0 saturated carbocycles. The number of ether oxygens (including phenoxy) is 2. The Morgan fingerprint density at radius 2 is 1.05 bits per heavy atom. The zero-order valence-electron chi connectivity index (χ0n) is 35.4. The SMILES string of the molecule is CC(C)(C)OC(=O)N1CCC(c2cccc3c(S(=O)(=O)c4ccccc4)c[nH]c23)CC1.CC(C)(C)OC(=O)N1CCC(c2cccc3c(Sc4ccccc4)c[nH]c23)CC1. The number of benzene rings is 4. The van der Waals surface area contributed by atoms with Gasteiger partial charge in [0.15, 0.2) is 0 Å². The molecule has 4 heterocycles. The zero-order chi connectivity index (χ0) is 42.7. The van der Waals surface area contributed by atoms with Crippen LogP contribution in [0.5, 0.6) is 0 Å². The van der Waals surface area contributed by atoms with Crippen molar-refractivity contribution in [2.45, 2.75) is 110 Å². The summed E-state index contributed by atoms with van der Waals surface area (Å²) in [6, 6.07) is 31.3. The number of aromatic amines is 2. The quantitative estimate of drug-likeness (QED) is 0.171. The summed E-state index contributed by atoms with van der Waals surface area (Å²) in [5, 5.41) is 1.97. The van der Waals surface area contributed by atoms with E-state index in [1.54, 1.807) is 53.2 Å². The molecule has 60 heavy (non-hydrogen) atoms. The van der Waals surface area contributed by atoms with Gasteiger partial charge in [0, 0.05) is 59.1 Å². The van der Waals surface area contributed by atoms with Crippen molar-refractivity contribution in [1.29, 1.82) is 0 Å². The number of nitrogens with zero attached hydrogens (tertiary/aromatic N) is 2. The third-order valence-corrected chi connectivity index (χ3v) is 13.8. The van der Waals surface area contributed by atoms with Crippen LogP contribution >= 0.6 is 11.8 Å². The van der Waals surface area contributed by atoms with E-state index in [9.17, 15) is 18.0 Å². The highest BCUT2D eigenvalue weighted by Gasteiger charge is 2.31. The number of likely N-dealkylation sites (tertiary alicyclic amines) is 2. The minimum absolute atomic E-state index is 0.199. The molecule has 0 bridgehead atoms. The summed E-state index contributed by atoms with van der Waals surface area (Å²) in [6.07, 6.45) is 6.75. The lowest BCUT2D eigenvalue weighted by Crippen LogP contribution is -2.41. The van der Waals surface area contributed by atoms with Crippen LogP contribution in [0.25, 0.3) is 21.8 Å². The molecular formula is C48H56N4O6S2. The molecule has 0 radical (unpaired) electrons. The number of amides is 2. The van der Waals surface area contributed by atoms with Crippen molar-refractivity contribution in [2.75, 3.05) is 26.2 Å². The molecule has 6 aromatic rings. The first-order valence-corrected chi connectivity index (χ1v) is 23.1. The number of hydrogen-bond donors (Lipinski definition) is 2. The minimum atomic E-state index is -3.61. The average molecular weight is 849 g/mol. The number of carbonyl (C=O) groups is 2. The Balaban J connectivity index is 0.000000182. The van der Waals surface area contributed by atoms with Crippen LogP contribution in [0, 0.1) is 0 Å². The molecule has 10 nitrogen and oxygen atoms in total. The number of sulfone groups is 1. The highest BCUT2D eigenvalue weighted by atomic mass is 32.2. The molecule has 0 atom stereocenters. The van der Waals surface area contributed by atoms with Crippen LogP contribution in [0.2, 0.25) is 0 Å². The maximum absolute atomic E-state index is 13.2. The molecule has 2 amide bonds. The van der Waals surface area contributed by atoms with Crippen molar-refractivity contribution in [1.82, 2.24) is 19.8 Å². The summed E-state index contributed by atoms with van der Waals surface area (Å²) < 4.78 is 37.3. The lowest BCUT2D eigenvalue weighted by atomic mass is 9.88. The summed E-state index contributed by atoms with van der Waals surface area (Å²) in [5.74, 6) is 0.693. The number of piperidine rings is 2. The molecule has 2 saturated heterocycles. The molecule has 0 aliphatic carbocycles. The van der Waals surface area contributed by atoms with Gasteiger partial charge in [0.2, 0.25) is 9.84 Å². The summed E-state index contributed by atoms with van der Waals surface area (Å²) in [6.45, 7) is 14.0. The van der Waals surface area contributed by atoms with Gasteiger partial charge in [0.25, 0.3) is 0 Å². The van der Waals surface area contributed by atoms with E-state index in [1.165, 1.54) is 26.3 Å². The fraction of sp³-hybridized carbons (Fsp3) is 0.375. The number of para-hydroxylation sites is 2. The molecular weight excluding hydrogens is 793 g/mol. The number of carbonyl (C=O) groups excluding carboxylic acids is 2. The van der Waals surface area contributed by atoms with Gasteiger partial charge in [-0.15, -0.1) is 0 Å². The first kappa shape index (κ1) is 42.9. The van der Waals surface area contributed by atoms with Crippen molar-refractivity contribution in [2.24, 2.45) is 0 Å². The Morgan fingerprint density at radius 3 is 1.55 bits per heavy atom. The molecule has 12 heteroatoms. The van der Waals surface area contributed by atoms with Crippen molar-refractivity contribution in [3.63, 3.8) is 0 Å². The maximum atomic E-state index is 13.2. The van der Waals surface area contributed by atoms with Crippen LogP contribution < -0.4 is 0 Å². The van der Waals surface area contributed by atoms with Gasteiger partial charge in [0.05, 0.1) is 20.8 Å². The molecule has 8 rings (SSSR count). The van der Waals surface area contributed by atoms with E-state index in [0.717, 1.165) is 49.9 Å². The van der Waals surface area contributed by atoms with Gasteiger partial charge >= 0.3 is 12.2 Å². The topological polar surface area (TPSA) is 125 Å². The minimum Gasteiger partial charge on any atom is -0.444 e. The summed E-state index contributed by atoms with van der Waals surface area (Å²) in [4.78, 5) is 38.1. The second-order valence-corrected chi connectivity index (χ2v) is 20.6. The predicted molar refractivity (Wildman–Crippen MR) is 239 cm³/mol. The third kappa shape index (κ3) is 10.0. The van der Waals surface area contributed by atoms with E-state index in [0.29, 0.717) is 29.3 Å². The number of fused-ring (bicyclic) bond motifs is 2. The maximum Gasteiger partial charge on any atom is 0.410 e. The molecule has 316 valence electrons. The molecule has 2 aliphatic rings. The van der Waals surface area contributed by atoms with E-state index in [-0.39, 0.29) is 23.0 Å². The highest BCUT2D eigenvalue weighted by Crippen LogP contribution is 2.39. The molecule has 2 aliphatic heterocycles. The van der Waals surface area contributed by atoms with Crippen LogP contribution in [0.1, 0.15) is 90.2 Å². The number of nitrogens with one attached hydrogen (secondary N) is 2. The zero-order valence-corrected chi connectivity index (χ0v) is 37.0. The van der Waals surface area contributed by atoms with Gasteiger partial charge in [-0.3, -0.25) is 0 Å². The Bertz CT molecular complexity index is 2520. The van der Waals surface area contributed by atoms with Gasteiger partial charge in [-0.25, -0.2) is 18.0 Å². The van der Waals surface area contributed by atoms with Crippen LogP contribution in [0.3, 0.4) is 0 Å². The Kier molecular flexibility index (Phi) is 12.7. The number of H-pyrrole nitrogens is 2. The summed E-state index contributed by atoms with van der Waals surface area (Å²) in [5.41, 5.74) is 3.57. The van der Waals surface area contributed by atoms with E-state index in [4.69, 9.17) is 9.47 Å². The second-order valence-electron chi connectivity index (χ2n) is 17.6. The van der Waals surface area contributed by atoms with E-state index < -0.39 is 21.0 Å². The highest BCUT2D eigenvalue weighted by molar-refractivity contribution is 7.99. The van der Waals surface area contributed by atoms with Crippen molar-refractivity contribution >= 4 is 55.6 Å². The number of hydrogen-bond acceptors (Lipinski definition) is 7. The first-order valence-electron chi connectivity index (χ1n) is 20.8. The lowest BCUT2D eigenvalue weighted by molar-refractivity contribution is 0.0194. The van der Waals surface area contributed by atoms with Gasteiger partial charge < -0.3 is 29.2 Å². The first-order chi connectivity index (χ1) is 28.6. The van der Waals surface area contributed by atoms with Crippen LogP contribution in [-0.4, -0.2) is 77.8 Å². The van der Waals surface area contributed by atoms with Gasteiger partial charge in [0.1, 0.15) is 11.2 Å². The molecule has 4 aromatic carbocycles. The molecule has 2 aromatic heterocycles. The average Bonchev–Trinajstić information content (AvgIpc) is 3.86. The normalized spacial score (nSPS) is 15.8. The van der Waals surface area contributed by atoms with E-state index in [1.807, 2.05) is 70.7 Å². The predicted octanol–water partition coefficient (Wildman–Crippen LogP) is 11.5. The monoisotopic (exact) mass is 848 g/mol. The van der Waals surface area contributed by atoms with E-state index in [2.05, 4.69) is 58.6 Å². The van der Waals surface area contributed by atoms with Crippen molar-refractivity contribution in [3.05, 3.63) is 121 Å². The molecule has 2 fully saturated rings. The van der Waals surface area contributed by atoms with Crippen LogP contribution in [0.4, 0.5) is 9.59 Å². The van der Waals surface area contributed by atoms with Crippen molar-refractivity contribution < 1.29 is 27.5 Å². The molecule has 0 spiro atoms. The van der Waals surface area contributed by atoms with E-state index >= 15 is 0 Å². The van der Waals surface area contributed by atoms with Gasteiger partial charge in [-0.1, -0.05) is 84.6 Å². The van der Waals surface area contributed by atoms with Crippen LogP contribution in [-0.2, 0) is 19.3 Å². The fourth-order valence-electron chi connectivity index (χ4n) is 8.03. The Morgan fingerprint density at radius 1 is 0.600 bits per heavy atom. The number of aromatic nitrogens is 2. The second kappa shape index (κ2) is 17.8. The largest absolute Gasteiger partial charge is 0.444 e.